The molecule has 1 atom stereocenters. The number of carbonyl (C=O) groups is 3. The van der Waals surface area contributed by atoms with E-state index in [0.29, 0.717) is 11.4 Å². The fourth-order valence-electron chi connectivity index (χ4n) is 3.34. The Labute approximate surface area is 181 Å². The summed E-state index contributed by atoms with van der Waals surface area (Å²) in [7, 11) is 1.44. The van der Waals surface area contributed by atoms with E-state index in [4.69, 9.17) is 0 Å². The van der Waals surface area contributed by atoms with Gasteiger partial charge in [-0.15, -0.1) is 0 Å². The van der Waals surface area contributed by atoms with Crippen molar-refractivity contribution >= 4 is 40.9 Å². The van der Waals surface area contributed by atoms with E-state index < -0.39 is 17.5 Å². The van der Waals surface area contributed by atoms with Crippen LogP contribution in [-0.2, 0) is 9.59 Å². The minimum absolute atomic E-state index is 0.0325. The molecule has 0 spiro atoms. The van der Waals surface area contributed by atoms with E-state index in [9.17, 15) is 27.6 Å². The van der Waals surface area contributed by atoms with Crippen molar-refractivity contribution in [3.8, 4) is 0 Å². The second-order valence-electron chi connectivity index (χ2n) is 7.12. The van der Waals surface area contributed by atoms with Crippen LogP contribution in [0, 0.1) is 0 Å². The minimum atomic E-state index is -4.41. The average Bonchev–Trinajstić information content (AvgIpc) is 2.80. The highest BCUT2D eigenvalue weighted by Gasteiger charge is 2.31. The number of thioether (sulfide) groups is 1. The Morgan fingerprint density at radius 1 is 1.16 bits per heavy atom. The fourth-order valence-corrected chi connectivity index (χ4v) is 3.88. The molecular weight excluding hydrogens is 431 g/mol. The lowest BCUT2D eigenvalue weighted by Crippen LogP contribution is -2.45. The lowest BCUT2D eigenvalue weighted by molar-refractivity contribution is -0.119. The van der Waals surface area contributed by atoms with E-state index >= 15 is 0 Å². The van der Waals surface area contributed by atoms with Crippen LogP contribution in [0.1, 0.15) is 23.7 Å². The Kier molecular flexibility index (Phi) is 6.59. The van der Waals surface area contributed by atoms with Gasteiger partial charge >= 0.3 is 5.51 Å². The molecule has 2 aromatic carbocycles. The van der Waals surface area contributed by atoms with E-state index in [1.807, 2.05) is 0 Å². The highest BCUT2D eigenvalue weighted by molar-refractivity contribution is 8.00. The van der Waals surface area contributed by atoms with E-state index in [2.05, 4.69) is 5.32 Å². The molecule has 31 heavy (non-hydrogen) atoms. The lowest BCUT2D eigenvalue weighted by atomic mass is 10.1. The SMILES string of the molecule is CC1CC(=O)Nc2ccccc2N1C(=O)CN(C)C(=O)c1ccc(SC(F)(F)F)cc1. The van der Waals surface area contributed by atoms with Crippen molar-refractivity contribution in [2.24, 2.45) is 0 Å². The van der Waals surface area contributed by atoms with Gasteiger partial charge in [-0.1, -0.05) is 12.1 Å². The molecule has 1 N–H and O–H groups in total. The molecule has 164 valence electrons. The van der Waals surface area contributed by atoms with Gasteiger partial charge in [-0.2, -0.15) is 13.2 Å². The van der Waals surface area contributed by atoms with Gasteiger partial charge in [0.1, 0.15) is 6.54 Å². The Bertz CT molecular complexity index is 995. The topological polar surface area (TPSA) is 69.7 Å². The molecule has 1 aliphatic rings. The van der Waals surface area contributed by atoms with Crippen molar-refractivity contribution in [1.82, 2.24) is 4.90 Å². The summed E-state index contributed by atoms with van der Waals surface area (Å²) in [6, 6.07) is 11.5. The van der Waals surface area contributed by atoms with Gasteiger partial charge in [-0.05, 0) is 55.1 Å². The highest BCUT2D eigenvalue weighted by atomic mass is 32.2. The van der Waals surface area contributed by atoms with Crippen LogP contribution >= 0.6 is 11.8 Å². The van der Waals surface area contributed by atoms with Gasteiger partial charge in [-0.25, -0.2) is 0 Å². The third-order valence-electron chi connectivity index (χ3n) is 4.68. The van der Waals surface area contributed by atoms with Crippen LogP contribution in [0.3, 0.4) is 0 Å². The van der Waals surface area contributed by atoms with Gasteiger partial charge in [0.2, 0.25) is 11.8 Å². The molecule has 1 aliphatic heterocycles. The molecule has 3 rings (SSSR count). The van der Waals surface area contributed by atoms with E-state index in [0.717, 1.165) is 0 Å². The number of hydrogen-bond donors (Lipinski definition) is 1. The van der Waals surface area contributed by atoms with Crippen LogP contribution in [0.5, 0.6) is 0 Å². The maximum atomic E-state index is 13.1. The Morgan fingerprint density at radius 3 is 2.45 bits per heavy atom. The number of fused-ring (bicyclic) bond motifs is 1. The standard InChI is InChI=1S/C21H20F3N3O3S/c1-13-11-18(28)25-16-5-3-4-6-17(16)27(13)19(29)12-26(2)20(30)14-7-9-15(10-8-14)31-21(22,23)24/h3-10,13H,11-12H2,1-2H3,(H,25,28). The van der Waals surface area contributed by atoms with Crippen LogP contribution in [0.15, 0.2) is 53.4 Å². The molecule has 0 bridgehead atoms. The van der Waals surface area contributed by atoms with Crippen molar-refractivity contribution in [1.29, 1.82) is 0 Å². The van der Waals surface area contributed by atoms with Crippen molar-refractivity contribution in [3.05, 3.63) is 54.1 Å². The predicted octanol–water partition coefficient (Wildman–Crippen LogP) is 4.13. The number of nitrogens with one attached hydrogen (secondary N) is 1. The monoisotopic (exact) mass is 451 g/mol. The molecule has 3 amide bonds. The summed E-state index contributed by atoms with van der Waals surface area (Å²) in [5.41, 5.74) is -3.19. The summed E-state index contributed by atoms with van der Waals surface area (Å²) in [4.78, 5) is 40.4. The highest BCUT2D eigenvalue weighted by Crippen LogP contribution is 2.36. The second kappa shape index (κ2) is 9.01. The van der Waals surface area contributed by atoms with Gasteiger partial charge in [0.15, 0.2) is 0 Å². The number of para-hydroxylation sites is 2. The number of likely N-dealkylation sites (N-methyl/N-ethyl adjacent to an activating group) is 1. The number of nitrogens with zero attached hydrogens (tertiary/aromatic N) is 2. The van der Waals surface area contributed by atoms with Gasteiger partial charge in [0.25, 0.3) is 5.91 Å². The van der Waals surface area contributed by atoms with Crippen LogP contribution in [0.25, 0.3) is 0 Å². The third kappa shape index (κ3) is 5.57. The maximum absolute atomic E-state index is 13.1. The molecule has 0 aromatic heterocycles. The third-order valence-corrected chi connectivity index (χ3v) is 5.42. The molecule has 10 heteroatoms. The zero-order valence-electron chi connectivity index (χ0n) is 16.8. The zero-order valence-corrected chi connectivity index (χ0v) is 17.6. The van der Waals surface area contributed by atoms with E-state index in [-0.39, 0.29) is 47.0 Å². The average molecular weight is 451 g/mol. The Hall–Kier alpha value is -3.01. The summed E-state index contributed by atoms with van der Waals surface area (Å²) in [5, 5.41) is 2.77. The first-order chi connectivity index (χ1) is 14.5. The summed E-state index contributed by atoms with van der Waals surface area (Å²) in [6.45, 7) is 1.49. The zero-order chi connectivity index (χ0) is 22.8. The molecular formula is C21H20F3N3O3S. The van der Waals surface area contributed by atoms with Crippen molar-refractivity contribution in [2.45, 2.75) is 29.8 Å². The van der Waals surface area contributed by atoms with Crippen molar-refractivity contribution in [2.75, 3.05) is 23.8 Å². The number of alkyl halides is 3. The molecule has 2 aromatic rings. The van der Waals surface area contributed by atoms with Crippen LogP contribution in [0.2, 0.25) is 0 Å². The molecule has 1 heterocycles. The number of rotatable bonds is 4. The number of carbonyl (C=O) groups excluding carboxylic acids is 3. The van der Waals surface area contributed by atoms with Gasteiger partial charge in [0.05, 0.1) is 11.4 Å². The second-order valence-corrected chi connectivity index (χ2v) is 8.25. The first-order valence-electron chi connectivity index (χ1n) is 9.37. The minimum Gasteiger partial charge on any atom is -0.332 e. The Morgan fingerprint density at radius 2 is 1.81 bits per heavy atom. The number of hydrogen-bond acceptors (Lipinski definition) is 4. The largest absolute Gasteiger partial charge is 0.446 e. The van der Waals surface area contributed by atoms with Crippen molar-refractivity contribution < 1.29 is 27.6 Å². The number of anilines is 2. The maximum Gasteiger partial charge on any atom is 0.446 e. The van der Waals surface area contributed by atoms with Gasteiger partial charge < -0.3 is 15.1 Å². The molecule has 6 nitrogen and oxygen atoms in total. The number of benzene rings is 2. The summed E-state index contributed by atoms with van der Waals surface area (Å²) >= 11 is -0.264. The van der Waals surface area contributed by atoms with Gasteiger partial charge in [0, 0.05) is 30.0 Å². The number of amides is 3. The first-order valence-corrected chi connectivity index (χ1v) is 10.2. The molecule has 0 saturated heterocycles. The summed E-state index contributed by atoms with van der Waals surface area (Å²) in [5.74, 6) is -1.09. The lowest BCUT2D eigenvalue weighted by Gasteiger charge is -2.29. The summed E-state index contributed by atoms with van der Waals surface area (Å²) in [6.07, 6.45) is 0.108. The summed E-state index contributed by atoms with van der Waals surface area (Å²) < 4.78 is 37.4. The molecule has 0 fully saturated rings. The number of halogens is 3. The molecule has 0 aliphatic carbocycles. The molecule has 1 unspecified atom stereocenters. The van der Waals surface area contributed by atoms with E-state index in [1.165, 1.54) is 41.1 Å². The first kappa shape index (κ1) is 22.7. The quantitative estimate of drug-likeness (QED) is 0.710. The van der Waals surface area contributed by atoms with Crippen LogP contribution in [0.4, 0.5) is 24.5 Å². The Balaban J connectivity index is 1.74. The fraction of sp³-hybridized carbons (Fsp3) is 0.286. The normalized spacial score (nSPS) is 16.2. The van der Waals surface area contributed by atoms with E-state index in [1.54, 1.807) is 31.2 Å². The molecule has 0 saturated carbocycles. The predicted molar refractivity (Wildman–Crippen MR) is 112 cm³/mol. The molecule has 0 radical (unpaired) electrons. The smallest absolute Gasteiger partial charge is 0.332 e. The van der Waals surface area contributed by atoms with Crippen molar-refractivity contribution in [3.63, 3.8) is 0 Å². The van der Waals surface area contributed by atoms with Gasteiger partial charge in [-0.3, -0.25) is 14.4 Å². The van der Waals surface area contributed by atoms with Crippen LogP contribution < -0.4 is 10.2 Å². The van der Waals surface area contributed by atoms with Crippen LogP contribution in [-0.4, -0.2) is 47.8 Å².